The molecule has 2 heterocycles. The summed E-state index contributed by atoms with van der Waals surface area (Å²) in [4.78, 5) is 8.51. The van der Waals surface area contributed by atoms with E-state index >= 15 is 0 Å². The summed E-state index contributed by atoms with van der Waals surface area (Å²) in [5, 5.41) is 51.1. The Morgan fingerprint density at radius 2 is 1.59 bits per heavy atom. The van der Waals surface area contributed by atoms with Crippen LogP contribution in [0.2, 0.25) is 5.02 Å². The number of hydrogen-bond donors (Lipinski definition) is 6. The van der Waals surface area contributed by atoms with Gasteiger partial charge in [0.1, 0.15) is 24.4 Å². The third kappa shape index (κ3) is 4.07. The van der Waals surface area contributed by atoms with Crippen molar-refractivity contribution in [2.45, 2.75) is 30.2 Å². The molecule has 1 aliphatic heterocycles. The molecule has 7 N–H and O–H groups in total. The molecule has 32 heavy (non-hydrogen) atoms. The minimum Gasteiger partial charge on any atom is -0.394 e. The number of ether oxygens (including phenoxy) is 1. The van der Waals surface area contributed by atoms with Crippen molar-refractivity contribution in [2.24, 2.45) is 0 Å². The second-order valence-electron chi connectivity index (χ2n) is 7.55. The SMILES string of the molecule is Nc1nc(-c2ccc([C@@]3(O)O[C@H](CO)[C@@H](O)[C@@H](O)[C@H]3O)cc2)cc(-c2cccc(Cl)c2)n1. The first kappa shape index (κ1) is 22.6. The summed E-state index contributed by atoms with van der Waals surface area (Å²) in [6, 6.07) is 15.1. The molecule has 0 spiro atoms. The van der Waals surface area contributed by atoms with Gasteiger partial charge in [0.05, 0.1) is 18.0 Å². The Morgan fingerprint density at radius 3 is 2.22 bits per heavy atom. The smallest absolute Gasteiger partial charge is 0.222 e. The molecule has 168 valence electrons. The molecule has 4 rings (SSSR count). The highest BCUT2D eigenvalue weighted by Crippen LogP contribution is 2.37. The first-order valence-corrected chi connectivity index (χ1v) is 10.2. The number of nitrogen functional groups attached to an aromatic ring is 1. The molecule has 1 aromatic heterocycles. The highest BCUT2D eigenvalue weighted by Gasteiger charge is 2.53. The summed E-state index contributed by atoms with van der Waals surface area (Å²) < 4.78 is 5.34. The van der Waals surface area contributed by atoms with Crippen LogP contribution in [0.5, 0.6) is 0 Å². The van der Waals surface area contributed by atoms with E-state index < -0.39 is 36.8 Å². The van der Waals surface area contributed by atoms with E-state index in [0.717, 1.165) is 5.56 Å². The van der Waals surface area contributed by atoms with Crippen molar-refractivity contribution in [3.8, 4) is 22.5 Å². The lowest BCUT2D eigenvalue weighted by molar-refractivity contribution is -0.357. The zero-order chi connectivity index (χ0) is 23.0. The highest BCUT2D eigenvalue weighted by molar-refractivity contribution is 6.30. The zero-order valence-electron chi connectivity index (χ0n) is 16.7. The second kappa shape index (κ2) is 8.72. The minimum atomic E-state index is -2.33. The number of aliphatic hydroxyl groups excluding tert-OH is 4. The molecule has 10 heteroatoms. The van der Waals surface area contributed by atoms with Gasteiger partial charge < -0.3 is 36.0 Å². The number of benzene rings is 2. The van der Waals surface area contributed by atoms with E-state index in [9.17, 15) is 25.5 Å². The maximum atomic E-state index is 10.9. The van der Waals surface area contributed by atoms with Gasteiger partial charge in [0.25, 0.3) is 0 Å². The number of halogens is 1. The number of rotatable bonds is 4. The standard InChI is InChI=1S/C22H22ClN3O6/c23-14-3-1-2-12(8-14)16-9-15(25-21(24)26-16)11-4-6-13(7-5-11)22(31)20(30)19(29)18(28)17(10-27)32-22/h1-9,17-20,27-31H,10H2,(H2,24,25,26)/t17-,18-,19-,20-,22-/m1/s1. The first-order chi connectivity index (χ1) is 15.2. The number of hydrogen-bond acceptors (Lipinski definition) is 9. The quantitative estimate of drug-likeness (QED) is 0.329. The van der Waals surface area contributed by atoms with Crippen molar-refractivity contribution in [1.29, 1.82) is 0 Å². The lowest BCUT2D eigenvalue weighted by Crippen LogP contribution is -2.63. The van der Waals surface area contributed by atoms with E-state index in [2.05, 4.69) is 9.97 Å². The molecule has 3 aromatic rings. The van der Waals surface area contributed by atoms with Gasteiger partial charge in [-0.15, -0.1) is 0 Å². The van der Waals surface area contributed by atoms with Gasteiger partial charge in [-0.3, -0.25) is 0 Å². The van der Waals surface area contributed by atoms with Gasteiger partial charge in [-0.25, -0.2) is 9.97 Å². The van der Waals surface area contributed by atoms with Gasteiger partial charge in [0.15, 0.2) is 0 Å². The van der Waals surface area contributed by atoms with Crippen molar-refractivity contribution < 1.29 is 30.3 Å². The second-order valence-corrected chi connectivity index (χ2v) is 7.98. The number of nitrogens with two attached hydrogens (primary N) is 1. The van der Waals surface area contributed by atoms with E-state index in [1.807, 2.05) is 6.07 Å². The Morgan fingerprint density at radius 1 is 0.938 bits per heavy atom. The van der Waals surface area contributed by atoms with Gasteiger partial charge in [0, 0.05) is 21.7 Å². The number of nitrogens with zero attached hydrogens (tertiary/aromatic N) is 2. The third-order valence-corrected chi connectivity index (χ3v) is 5.66. The fourth-order valence-corrected chi connectivity index (χ4v) is 3.87. The fraction of sp³-hybridized carbons (Fsp3) is 0.273. The minimum absolute atomic E-state index is 0.0640. The van der Waals surface area contributed by atoms with E-state index in [4.69, 9.17) is 22.1 Å². The maximum Gasteiger partial charge on any atom is 0.222 e. The first-order valence-electron chi connectivity index (χ1n) is 9.79. The average Bonchev–Trinajstić information content (AvgIpc) is 2.80. The topological polar surface area (TPSA) is 162 Å². The summed E-state index contributed by atoms with van der Waals surface area (Å²) >= 11 is 6.07. The summed E-state index contributed by atoms with van der Waals surface area (Å²) in [7, 11) is 0. The van der Waals surface area contributed by atoms with Crippen LogP contribution in [0.4, 0.5) is 5.95 Å². The van der Waals surface area contributed by atoms with E-state index in [0.29, 0.717) is 22.0 Å². The maximum absolute atomic E-state index is 10.9. The number of aliphatic hydroxyl groups is 5. The van der Waals surface area contributed by atoms with Crippen LogP contribution in [0.15, 0.2) is 54.6 Å². The van der Waals surface area contributed by atoms with Gasteiger partial charge in [-0.1, -0.05) is 48.0 Å². The molecule has 0 aliphatic carbocycles. The van der Waals surface area contributed by atoms with Crippen molar-refractivity contribution in [3.63, 3.8) is 0 Å². The summed E-state index contributed by atoms with van der Waals surface area (Å²) in [5.74, 6) is -2.27. The average molecular weight is 460 g/mol. The van der Waals surface area contributed by atoms with E-state index in [-0.39, 0.29) is 11.5 Å². The summed E-state index contributed by atoms with van der Waals surface area (Å²) in [6.45, 7) is -0.655. The molecule has 0 saturated carbocycles. The van der Waals surface area contributed by atoms with Crippen LogP contribution in [0.1, 0.15) is 5.56 Å². The number of aromatic nitrogens is 2. The van der Waals surface area contributed by atoms with Crippen LogP contribution in [-0.2, 0) is 10.5 Å². The Balaban J connectivity index is 1.67. The van der Waals surface area contributed by atoms with Gasteiger partial charge in [0.2, 0.25) is 11.7 Å². The van der Waals surface area contributed by atoms with Crippen molar-refractivity contribution in [1.82, 2.24) is 9.97 Å². The molecule has 9 nitrogen and oxygen atoms in total. The molecular formula is C22H22ClN3O6. The molecule has 0 amide bonds. The van der Waals surface area contributed by atoms with Crippen LogP contribution < -0.4 is 5.73 Å². The monoisotopic (exact) mass is 459 g/mol. The van der Waals surface area contributed by atoms with Crippen LogP contribution in [-0.4, -0.2) is 66.5 Å². The predicted octanol–water partition coefficient (Wildman–Crippen LogP) is 0.665. The van der Waals surface area contributed by atoms with Crippen molar-refractivity contribution in [3.05, 3.63) is 65.2 Å². The molecule has 1 aliphatic rings. The lowest BCUT2D eigenvalue weighted by atomic mass is 9.88. The molecule has 0 unspecified atom stereocenters. The van der Waals surface area contributed by atoms with Crippen LogP contribution in [0.3, 0.4) is 0 Å². The lowest BCUT2D eigenvalue weighted by Gasteiger charge is -2.45. The summed E-state index contributed by atoms with van der Waals surface area (Å²) in [6.07, 6.45) is -6.38. The molecule has 5 atom stereocenters. The molecule has 1 saturated heterocycles. The molecular weight excluding hydrogens is 438 g/mol. The largest absolute Gasteiger partial charge is 0.394 e. The van der Waals surface area contributed by atoms with E-state index in [1.54, 1.807) is 36.4 Å². The molecule has 1 fully saturated rings. The van der Waals surface area contributed by atoms with Crippen molar-refractivity contribution >= 4 is 17.5 Å². The molecule has 2 aromatic carbocycles. The van der Waals surface area contributed by atoms with Crippen LogP contribution >= 0.6 is 11.6 Å². The Kier molecular flexibility index (Phi) is 6.15. The third-order valence-electron chi connectivity index (χ3n) is 5.42. The Bertz CT molecular complexity index is 1110. The zero-order valence-corrected chi connectivity index (χ0v) is 17.5. The highest BCUT2D eigenvalue weighted by atomic mass is 35.5. The summed E-state index contributed by atoms with van der Waals surface area (Å²) in [5.41, 5.74) is 8.51. The van der Waals surface area contributed by atoms with Gasteiger partial charge in [-0.05, 0) is 18.2 Å². The van der Waals surface area contributed by atoms with Crippen LogP contribution in [0, 0.1) is 0 Å². The van der Waals surface area contributed by atoms with Crippen LogP contribution in [0.25, 0.3) is 22.5 Å². The van der Waals surface area contributed by atoms with E-state index in [1.165, 1.54) is 12.1 Å². The molecule has 0 bridgehead atoms. The molecule has 0 radical (unpaired) electrons. The number of anilines is 1. The normalized spacial score (nSPS) is 27.9. The Labute approximate surface area is 188 Å². The van der Waals surface area contributed by atoms with Crippen molar-refractivity contribution in [2.75, 3.05) is 12.3 Å². The van der Waals surface area contributed by atoms with Gasteiger partial charge in [-0.2, -0.15) is 0 Å². The fourth-order valence-electron chi connectivity index (χ4n) is 3.68. The Hall–Kier alpha value is -2.63. The van der Waals surface area contributed by atoms with Gasteiger partial charge >= 0.3 is 0 Å². The predicted molar refractivity (Wildman–Crippen MR) is 116 cm³/mol.